The first-order chi connectivity index (χ1) is 15.2. The van der Waals surface area contributed by atoms with Crippen molar-refractivity contribution in [2.75, 3.05) is 37.6 Å². The average molecular weight is 463 g/mol. The second-order valence-electron chi connectivity index (χ2n) is 6.59. The fourth-order valence-corrected chi connectivity index (χ4v) is 4.21. The molecule has 1 N–H and O–H groups in total. The van der Waals surface area contributed by atoms with Crippen LogP contribution in [0.25, 0.3) is 0 Å². The third-order valence-corrected chi connectivity index (χ3v) is 5.63. The number of methoxy groups -OCH3 is 1. The summed E-state index contributed by atoms with van der Waals surface area (Å²) in [7, 11) is 2.68. The lowest BCUT2D eigenvalue weighted by Crippen LogP contribution is -2.28. The highest BCUT2D eigenvalue weighted by Gasteiger charge is 2.24. The Balaban J connectivity index is 2.13. The molecule has 0 aliphatic rings. The first kappa shape index (κ1) is 24.9. The molecule has 0 aliphatic carbocycles. The summed E-state index contributed by atoms with van der Waals surface area (Å²) < 4.78 is 14.9. The molecular formula is C22H26N2O7S. The van der Waals surface area contributed by atoms with E-state index in [9.17, 15) is 19.2 Å². The number of amides is 2. The maximum Gasteiger partial charge on any atom is 0.413 e. The van der Waals surface area contributed by atoms with E-state index in [0.717, 1.165) is 15.3 Å². The molecule has 0 bridgehead atoms. The van der Waals surface area contributed by atoms with Crippen molar-refractivity contribution in [3.8, 4) is 0 Å². The van der Waals surface area contributed by atoms with E-state index in [1.807, 2.05) is 13.8 Å². The number of rotatable bonds is 8. The highest BCUT2D eigenvalue weighted by molar-refractivity contribution is 7.16. The summed E-state index contributed by atoms with van der Waals surface area (Å²) in [5.74, 6) is -1.90. The number of anilines is 2. The number of aryl methyl sites for hydroxylation is 1. The van der Waals surface area contributed by atoms with Crippen LogP contribution in [0.15, 0.2) is 24.3 Å². The van der Waals surface area contributed by atoms with Gasteiger partial charge in [-0.1, -0.05) is 19.1 Å². The average Bonchev–Trinajstić information content (AvgIpc) is 3.10. The zero-order chi connectivity index (χ0) is 23.8. The van der Waals surface area contributed by atoms with Crippen LogP contribution in [0.3, 0.4) is 0 Å². The van der Waals surface area contributed by atoms with E-state index in [0.29, 0.717) is 17.0 Å². The SMILES string of the molecule is CCOC(=O)c1c(NC(=O)COC(=O)c2ccccc2N(C)C(=O)OC)sc(C)c1CC. The third kappa shape index (κ3) is 5.64. The highest BCUT2D eigenvalue weighted by atomic mass is 32.1. The van der Waals surface area contributed by atoms with E-state index < -0.39 is 30.5 Å². The minimum Gasteiger partial charge on any atom is -0.462 e. The van der Waals surface area contributed by atoms with Gasteiger partial charge < -0.3 is 19.5 Å². The van der Waals surface area contributed by atoms with Crippen molar-refractivity contribution in [1.82, 2.24) is 0 Å². The van der Waals surface area contributed by atoms with Gasteiger partial charge in [0.15, 0.2) is 6.61 Å². The molecule has 0 saturated heterocycles. The molecule has 1 aromatic heterocycles. The molecule has 2 amide bonds. The Kier molecular flexibility index (Phi) is 8.77. The molecular weight excluding hydrogens is 436 g/mol. The summed E-state index contributed by atoms with van der Waals surface area (Å²) in [6, 6.07) is 6.29. The Morgan fingerprint density at radius 1 is 1.06 bits per heavy atom. The van der Waals surface area contributed by atoms with Crippen molar-refractivity contribution < 1.29 is 33.4 Å². The summed E-state index contributed by atoms with van der Waals surface area (Å²) in [6.07, 6.45) is -0.0551. The van der Waals surface area contributed by atoms with Gasteiger partial charge in [-0.3, -0.25) is 9.69 Å². The van der Waals surface area contributed by atoms with Crippen molar-refractivity contribution in [3.05, 3.63) is 45.8 Å². The predicted molar refractivity (Wildman–Crippen MR) is 121 cm³/mol. The van der Waals surface area contributed by atoms with Crippen LogP contribution in [0.1, 0.15) is 45.0 Å². The van der Waals surface area contributed by atoms with Crippen molar-refractivity contribution in [1.29, 1.82) is 0 Å². The van der Waals surface area contributed by atoms with Gasteiger partial charge >= 0.3 is 18.0 Å². The van der Waals surface area contributed by atoms with Crippen LogP contribution >= 0.6 is 11.3 Å². The van der Waals surface area contributed by atoms with Gasteiger partial charge in [0.05, 0.1) is 30.5 Å². The van der Waals surface area contributed by atoms with Crippen molar-refractivity contribution in [2.24, 2.45) is 0 Å². The van der Waals surface area contributed by atoms with Gasteiger partial charge in [0, 0.05) is 11.9 Å². The Bertz CT molecular complexity index is 1020. The largest absolute Gasteiger partial charge is 0.462 e. The molecule has 0 fully saturated rings. The number of carbonyl (C=O) groups excluding carboxylic acids is 4. The summed E-state index contributed by atoms with van der Waals surface area (Å²) in [5, 5.41) is 2.99. The van der Waals surface area contributed by atoms with Crippen LogP contribution in [0.5, 0.6) is 0 Å². The van der Waals surface area contributed by atoms with Crippen molar-refractivity contribution in [2.45, 2.75) is 27.2 Å². The lowest BCUT2D eigenvalue weighted by molar-refractivity contribution is -0.119. The molecule has 1 heterocycles. The molecule has 0 atom stereocenters. The van der Waals surface area contributed by atoms with Crippen LogP contribution in [0.2, 0.25) is 0 Å². The Hall–Kier alpha value is -3.40. The fraction of sp³-hybridized carbons (Fsp3) is 0.364. The molecule has 2 rings (SSSR count). The summed E-state index contributed by atoms with van der Waals surface area (Å²) in [6.45, 7) is 5.11. The highest BCUT2D eigenvalue weighted by Crippen LogP contribution is 2.34. The quantitative estimate of drug-likeness (QED) is 0.469. The topological polar surface area (TPSA) is 111 Å². The van der Waals surface area contributed by atoms with Gasteiger partial charge in [-0.25, -0.2) is 14.4 Å². The van der Waals surface area contributed by atoms with Crippen LogP contribution in [0.4, 0.5) is 15.5 Å². The van der Waals surface area contributed by atoms with Crippen LogP contribution in [-0.2, 0) is 25.4 Å². The first-order valence-corrected chi connectivity index (χ1v) is 10.7. The molecule has 0 radical (unpaired) electrons. The summed E-state index contributed by atoms with van der Waals surface area (Å²) in [5.41, 5.74) is 1.50. The molecule has 32 heavy (non-hydrogen) atoms. The Labute approximate surface area is 190 Å². The number of para-hydroxylation sites is 1. The van der Waals surface area contributed by atoms with Crippen LogP contribution in [0, 0.1) is 6.92 Å². The maximum atomic E-state index is 12.6. The van der Waals surface area contributed by atoms with E-state index in [4.69, 9.17) is 9.47 Å². The normalized spacial score (nSPS) is 10.3. The summed E-state index contributed by atoms with van der Waals surface area (Å²) in [4.78, 5) is 51.2. The van der Waals surface area contributed by atoms with Gasteiger partial charge in [-0.15, -0.1) is 11.3 Å². The zero-order valence-electron chi connectivity index (χ0n) is 18.6. The Morgan fingerprint density at radius 3 is 2.38 bits per heavy atom. The van der Waals surface area contributed by atoms with Gasteiger partial charge in [0.25, 0.3) is 5.91 Å². The number of hydrogen-bond donors (Lipinski definition) is 1. The van der Waals surface area contributed by atoms with E-state index in [2.05, 4.69) is 10.1 Å². The van der Waals surface area contributed by atoms with Gasteiger partial charge in [0.2, 0.25) is 0 Å². The van der Waals surface area contributed by atoms with E-state index in [-0.39, 0.29) is 17.9 Å². The number of carbonyl (C=O) groups is 4. The second-order valence-corrected chi connectivity index (χ2v) is 7.81. The number of nitrogens with zero attached hydrogens (tertiary/aromatic N) is 1. The number of esters is 2. The number of benzene rings is 1. The standard InChI is InChI=1S/C22H26N2O7S/c1-6-14-13(3)32-19(18(14)21(27)30-7-2)23-17(25)12-31-20(26)15-10-8-9-11-16(15)24(4)22(28)29-5/h8-11H,6-7,12H2,1-5H3,(H,23,25). The van der Waals surface area contributed by atoms with E-state index >= 15 is 0 Å². The molecule has 0 aliphatic heterocycles. The second kappa shape index (κ2) is 11.3. The zero-order valence-corrected chi connectivity index (χ0v) is 19.5. The number of nitrogens with one attached hydrogen (secondary N) is 1. The fourth-order valence-electron chi connectivity index (χ4n) is 3.06. The molecule has 0 saturated carbocycles. The number of ether oxygens (including phenoxy) is 3. The molecule has 0 unspecified atom stereocenters. The number of thiophene rings is 1. The van der Waals surface area contributed by atoms with Crippen LogP contribution in [-0.4, -0.2) is 51.3 Å². The minimum absolute atomic E-state index is 0.0978. The summed E-state index contributed by atoms with van der Waals surface area (Å²) >= 11 is 1.26. The van der Waals surface area contributed by atoms with Gasteiger partial charge in [0.1, 0.15) is 5.00 Å². The molecule has 10 heteroatoms. The van der Waals surface area contributed by atoms with Gasteiger partial charge in [-0.2, -0.15) is 0 Å². The third-order valence-electron chi connectivity index (χ3n) is 4.56. The van der Waals surface area contributed by atoms with Gasteiger partial charge in [-0.05, 0) is 38.0 Å². The van der Waals surface area contributed by atoms with Crippen molar-refractivity contribution >= 4 is 46.0 Å². The molecule has 172 valence electrons. The van der Waals surface area contributed by atoms with E-state index in [1.54, 1.807) is 25.1 Å². The monoisotopic (exact) mass is 462 g/mol. The van der Waals surface area contributed by atoms with Crippen molar-refractivity contribution in [3.63, 3.8) is 0 Å². The molecule has 2 aromatic rings. The molecule has 9 nitrogen and oxygen atoms in total. The Morgan fingerprint density at radius 2 is 1.75 bits per heavy atom. The lowest BCUT2D eigenvalue weighted by Gasteiger charge is -2.18. The van der Waals surface area contributed by atoms with Crippen LogP contribution < -0.4 is 10.2 Å². The molecule has 0 spiro atoms. The lowest BCUT2D eigenvalue weighted by atomic mass is 10.1. The first-order valence-electron chi connectivity index (χ1n) is 9.92. The predicted octanol–water partition coefficient (Wildman–Crippen LogP) is 3.79. The molecule has 1 aromatic carbocycles. The smallest absolute Gasteiger partial charge is 0.413 e. The maximum absolute atomic E-state index is 12.6. The van der Waals surface area contributed by atoms with E-state index in [1.165, 1.54) is 31.6 Å². The number of hydrogen-bond acceptors (Lipinski definition) is 8. The minimum atomic E-state index is -0.784.